The standard InChI is InChI=1S/C19H24ClNO8/c1-11(2)27-15-7-5-14(6-8-15)21(10-9-20)18(24)16(28-12(3)22)17(19(25)26)29-13(4)23/h5-8,11,16-17H,9-10H2,1-4H3,(H,25,26)/t16-,17-/m1/s1. The van der Waals surface area contributed by atoms with Gasteiger partial charge in [0.15, 0.2) is 0 Å². The lowest BCUT2D eigenvalue weighted by atomic mass is 10.1. The first-order valence-electron chi connectivity index (χ1n) is 8.78. The maximum absolute atomic E-state index is 13.1. The second-order valence-corrected chi connectivity index (χ2v) is 6.62. The molecule has 0 saturated heterocycles. The Bertz CT molecular complexity index is 734. The second kappa shape index (κ2) is 11.3. The third kappa shape index (κ3) is 7.61. The Morgan fingerprint density at radius 2 is 1.52 bits per heavy atom. The average molecular weight is 430 g/mol. The molecular formula is C19H24ClNO8. The predicted octanol–water partition coefficient (Wildman–Crippen LogP) is 1.99. The summed E-state index contributed by atoms with van der Waals surface area (Å²) in [5.41, 5.74) is 0.371. The van der Waals surface area contributed by atoms with Crippen molar-refractivity contribution in [3.05, 3.63) is 24.3 Å². The number of ether oxygens (including phenoxy) is 3. The number of carboxylic acids is 1. The molecule has 29 heavy (non-hydrogen) atoms. The van der Waals surface area contributed by atoms with Crippen molar-refractivity contribution in [1.29, 1.82) is 0 Å². The van der Waals surface area contributed by atoms with Crippen LogP contribution in [0.5, 0.6) is 5.75 Å². The Kier molecular flexibility index (Phi) is 9.40. The van der Waals surface area contributed by atoms with Crippen LogP contribution < -0.4 is 9.64 Å². The van der Waals surface area contributed by atoms with E-state index in [1.54, 1.807) is 24.3 Å². The molecule has 0 aliphatic rings. The number of aliphatic carboxylic acids is 1. The van der Waals surface area contributed by atoms with Gasteiger partial charge in [0, 0.05) is 32.0 Å². The van der Waals surface area contributed by atoms with Crippen molar-refractivity contribution in [1.82, 2.24) is 0 Å². The molecule has 9 nitrogen and oxygen atoms in total. The lowest BCUT2D eigenvalue weighted by Crippen LogP contribution is -2.52. The number of anilines is 1. The number of hydrogen-bond donors (Lipinski definition) is 1. The summed E-state index contributed by atoms with van der Waals surface area (Å²) in [6.07, 6.45) is -3.94. The first-order valence-corrected chi connectivity index (χ1v) is 9.31. The average Bonchev–Trinajstić information content (AvgIpc) is 2.62. The molecule has 2 atom stereocenters. The van der Waals surface area contributed by atoms with Gasteiger partial charge in [-0.15, -0.1) is 11.6 Å². The quantitative estimate of drug-likeness (QED) is 0.443. The summed E-state index contributed by atoms with van der Waals surface area (Å²) >= 11 is 5.80. The first kappa shape index (κ1) is 24.2. The number of carbonyl (C=O) groups excluding carboxylic acids is 3. The van der Waals surface area contributed by atoms with Gasteiger partial charge in [0.05, 0.1) is 6.10 Å². The summed E-state index contributed by atoms with van der Waals surface area (Å²) in [5, 5.41) is 9.37. The van der Waals surface area contributed by atoms with Crippen molar-refractivity contribution in [3.8, 4) is 5.75 Å². The van der Waals surface area contributed by atoms with Crippen LogP contribution in [0.15, 0.2) is 24.3 Å². The monoisotopic (exact) mass is 429 g/mol. The molecule has 1 rings (SSSR count). The highest BCUT2D eigenvalue weighted by Crippen LogP contribution is 2.23. The van der Waals surface area contributed by atoms with Crippen molar-refractivity contribution in [2.24, 2.45) is 0 Å². The number of carboxylic acid groups (broad SMARTS) is 1. The summed E-state index contributed by atoms with van der Waals surface area (Å²) in [7, 11) is 0. The van der Waals surface area contributed by atoms with Gasteiger partial charge in [-0.3, -0.25) is 14.4 Å². The van der Waals surface area contributed by atoms with Gasteiger partial charge in [0.25, 0.3) is 5.91 Å². The molecule has 160 valence electrons. The number of nitrogens with zero attached hydrogens (tertiary/aromatic N) is 1. The van der Waals surface area contributed by atoms with Crippen LogP contribution in [0.3, 0.4) is 0 Å². The summed E-state index contributed by atoms with van der Waals surface area (Å²) in [4.78, 5) is 48.5. The fourth-order valence-electron chi connectivity index (χ4n) is 2.42. The topological polar surface area (TPSA) is 119 Å². The number of halogens is 1. The van der Waals surface area contributed by atoms with Crippen LogP contribution in [-0.4, -0.2) is 59.7 Å². The number of carbonyl (C=O) groups is 4. The number of rotatable bonds is 10. The fraction of sp³-hybridized carbons (Fsp3) is 0.474. The maximum atomic E-state index is 13.1. The normalized spacial score (nSPS) is 12.6. The van der Waals surface area contributed by atoms with Crippen molar-refractivity contribution >= 4 is 41.1 Å². The molecule has 1 aromatic rings. The molecule has 1 amide bonds. The lowest BCUT2D eigenvalue weighted by molar-refractivity contribution is -0.180. The van der Waals surface area contributed by atoms with E-state index < -0.39 is 36.0 Å². The van der Waals surface area contributed by atoms with E-state index in [9.17, 15) is 24.3 Å². The van der Waals surface area contributed by atoms with Gasteiger partial charge in [-0.2, -0.15) is 0 Å². The third-order valence-corrected chi connectivity index (χ3v) is 3.61. The zero-order valence-corrected chi connectivity index (χ0v) is 17.3. The molecule has 10 heteroatoms. The van der Waals surface area contributed by atoms with Crippen LogP contribution in [0, 0.1) is 0 Å². The molecule has 0 aliphatic heterocycles. The highest BCUT2D eigenvalue weighted by Gasteiger charge is 2.42. The third-order valence-electron chi connectivity index (χ3n) is 3.44. The van der Waals surface area contributed by atoms with Crippen LogP contribution in [0.1, 0.15) is 27.7 Å². The molecule has 0 aromatic heterocycles. The molecular weight excluding hydrogens is 406 g/mol. The zero-order valence-electron chi connectivity index (χ0n) is 16.6. The number of benzene rings is 1. The van der Waals surface area contributed by atoms with Crippen LogP contribution in [-0.2, 0) is 28.7 Å². The van der Waals surface area contributed by atoms with Gasteiger partial charge >= 0.3 is 17.9 Å². The SMILES string of the molecule is CC(=O)O[C@@H](C(=O)O)[C@@H](OC(C)=O)C(=O)N(CCCl)c1ccc(OC(C)C)cc1. The molecule has 1 aromatic carbocycles. The van der Waals surface area contributed by atoms with Gasteiger partial charge in [-0.05, 0) is 38.1 Å². The minimum atomic E-state index is -2.01. The Morgan fingerprint density at radius 1 is 1.00 bits per heavy atom. The Labute approximate surface area is 173 Å². The van der Waals surface area contributed by atoms with Crippen molar-refractivity contribution in [3.63, 3.8) is 0 Å². The van der Waals surface area contributed by atoms with E-state index in [1.165, 1.54) is 0 Å². The maximum Gasteiger partial charge on any atom is 0.349 e. The number of alkyl halides is 1. The second-order valence-electron chi connectivity index (χ2n) is 6.24. The van der Waals surface area contributed by atoms with Crippen LogP contribution in [0.2, 0.25) is 0 Å². The van der Waals surface area contributed by atoms with Crippen molar-refractivity contribution in [2.45, 2.75) is 46.0 Å². The molecule has 1 N–H and O–H groups in total. The highest BCUT2D eigenvalue weighted by molar-refractivity contribution is 6.18. The summed E-state index contributed by atoms with van der Waals surface area (Å²) < 4.78 is 15.2. The zero-order chi connectivity index (χ0) is 22.1. The molecule has 0 fully saturated rings. The number of esters is 2. The largest absolute Gasteiger partial charge is 0.491 e. The molecule has 0 spiro atoms. The van der Waals surface area contributed by atoms with E-state index in [4.69, 9.17) is 25.8 Å². The summed E-state index contributed by atoms with van der Waals surface area (Å²) in [6, 6.07) is 6.42. The van der Waals surface area contributed by atoms with E-state index in [2.05, 4.69) is 0 Å². The van der Waals surface area contributed by atoms with Crippen LogP contribution in [0.4, 0.5) is 5.69 Å². The van der Waals surface area contributed by atoms with E-state index in [0.717, 1.165) is 18.7 Å². The highest BCUT2D eigenvalue weighted by atomic mass is 35.5. The van der Waals surface area contributed by atoms with Gasteiger partial charge in [-0.1, -0.05) is 0 Å². The molecule has 0 unspecified atom stereocenters. The Hall–Kier alpha value is -2.81. The van der Waals surface area contributed by atoms with Gasteiger partial charge in [-0.25, -0.2) is 4.79 Å². The Balaban J connectivity index is 3.26. The molecule has 0 radical (unpaired) electrons. The van der Waals surface area contributed by atoms with E-state index >= 15 is 0 Å². The molecule has 0 saturated carbocycles. The molecule has 0 bridgehead atoms. The van der Waals surface area contributed by atoms with Gasteiger partial charge in [0.1, 0.15) is 5.75 Å². The number of hydrogen-bond acceptors (Lipinski definition) is 7. The minimum Gasteiger partial charge on any atom is -0.491 e. The minimum absolute atomic E-state index is 0.00501. The van der Waals surface area contributed by atoms with E-state index in [-0.39, 0.29) is 18.5 Å². The van der Waals surface area contributed by atoms with E-state index in [1.807, 2.05) is 13.8 Å². The summed E-state index contributed by atoms with van der Waals surface area (Å²) in [5.74, 6) is -3.79. The van der Waals surface area contributed by atoms with Crippen molar-refractivity contribution < 1.29 is 38.5 Å². The summed E-state index contributed by atoms with van der Waals surface area (Å²) in [6.45, 7) is 5.71. The molecule has 0 aliphatic carbocycles. The number of amides is 1. The Morgan fingerprint density at radius 3 is 1.93 bits per heavy atom. The lowest BCUT2D eigenvalue weighted by Gasteiger charge is -2.29. The molecule has 0 heterocycles. The smallest absolute Gasteiger partial charge is 0.349 e. The fourth-order valence-corrected chi connectivity index (χ4v) is 2.59. The van der Waals surface area contributed by atoms with E-state index in [0.29, 0.717) is 11.4 Å². The van der Waals surface area contributed by atoms with Crippen molar-refractivity contribution in [2.75, 3.05) is 17.3 Å². The first-order chi connectivity index (χ1) is 13.6. The van der Waals surface area contributed by atoms with Gasteiger partial charge < -0.3 is 24.2 Å². The van der Waals surface area contributed by atoms with Crippen LogP contribution >= 0.6 is 11.6 Å². The predicted molar refractivity (Wildman–Crippen MR) is 104 cm³/mol. The van der Waals surface area contributed by atoms with Crippen LogP contribution in [0.25, 0.3) is 0 Å². The van der Waals surface area contributed by atoms with Gasteiger partial charge in [0.2, 0.25) is 12.2 Å².